The van der Waals surface area contributed by atoms with E-state index in [0.29, 0.717) is 21.6 Å². The van der Waals surface area contributed by atoms with Gasteiger partial charge in [-0.2, -0.15) is 0 Å². The molecular weight excluding hydrogens is 437 g/mol. The number of thioether (sulfide) groups is 1. The molecule has 0 radical (unpaired) electrons. The van der Waals surface area contributed by atoms with Crippen LogP contribution in [-0.2, 0) is 14.6 Å². The van der Waals surface area contributed by atoms with Crippen LogP contribution >= 0.6 is 23.4 Å². The van der Waals surface area contributed by atoms with Gasteiger partial charge in [0.2, 0.25) is 5.91 Å². The molecule has 2 aromatic rings. The number of amidine groups is 1. The van der Waals surface area contributed by atoms with Crippen LogP contribution in [0.2, 0.25) is 5.02 Å². The van der Waals surface area contributed by atoms with E-state index in [1.165, 1.54) is 36.0 Å². The lowest BCUT2D eigenvalue weighted by atomic mass is 10.2. The molecule has 2 aliphatic heterocycles. The van der Waals surface area contributed by atoms with Gasteiger partial charge in [-0.1, -0.05) is 29.4 Å². The van der Waals surface area contributed by atoms with E-state index < -0.39 is 9.84 Å². The standard InChI is InChI=1S/C19H17ClFN3O3S2/c20-12-2-1-3-15(8-12)24(9-18(25)22-14-6-4-13(21)5-7-14)19-23-16-10-29(26,27)11-17(16)28-19/h1-8,16-17H,9-11H2,(H,22,25)/t16-,17-/m1/s1. The summed E-state index contributed by atoms with van der Waals surface area (Å²) in [5, 5.41) is 3.69. The molecule has 1 fully saturated rings. The molecular formula is C19H17ClFN3O3S2. The minimum Gasteiger partial charge on any atom is -0.325 e. The molecule has 10 heteroatoms. The van der Waals surface area contributed by atoms with Gasteiger partial charge in [0.15, 0.2) is 15.0 Å². The fraction of sp³-hybridized carbons (Fsp3) is 0.263. The van der Waals surface area contributed by atoms with E-state index in [0.717, 1.165) is 0 Å². The largest absolute Gasteiger partial charge is 0.325 e. The van der Waals surface area contributed by atoms with E-state index in [4.69, 9.17) is 11.6 Å². The molecule has 152 valence electrons. The smallest absolute Gasteiger partial charge is 0.244 e. The van der Waals surface area contributed by atoms with Crippen molar-refractivity contribution in [3.8, 4) is 0 Å². The summed E-state index contributed by atoms with van der Waals surface area (Å²) < 4.78 is 36.7. The molecule has 0 bridgehead atoms. The van der Waals surface area contributed by atoms with Gasteiger partial charge in [0.25, 0.3) is 0 Å². The maximum atomic E-state index is 13.1. The number of halogens is 2. The van der Waals surface area contributed by atoms with Crippen LogP contribution in [0.25, 0.3) is 0 Å². The Balaban J connectivity index is 1.56. The summed E-state index contributed by atoms with van der Waals surface area (Å²) in [6, 6.07) is 12.2. The number of hydrogen-bond acceptors (Lipinski definition) is 6. The number of amides is 1. The number of rotatable bonds is 4. The van der Waals surface area contributed by atoms with Gasteiger partial charge in [-0.15, -0.1) is 0 Å². The number of nitrogens with one attached hydrogen (secondary N) is 1. The lowest BCUT2D eigenvalue weighted by molar-refractivity contribution is -0.114. The lowest BCUT2D eigenvalue weighted by Gasteiger charge is -2.24. The highest BCUT2D eigenvalue weighted by atomic mass is 35.5. The van der Waals surface area contributed by atoms with Crippen molar-refractivity contribution in [2.24, 2.45) is 4.99 Å². The zero-order chi connectivity index (χ0) is 20.6. The van der Waals surface area contributed by atoms with Crippen LogP contribution in [0, 0.1) is 5.82 Å². The average molecular weight is 454 g/mol. The maximum Gasteiger partial charge on any atom is 0.244 e. The Bertz CT molecular complexity index is 1080. The molecule has 2 heterocycles. The summed E-state index contributed by atoms with van der Waals surface area (Å²) in [6.07, 6.45) is 0. The van der Waals surface area contributed by atoms with E-state index in [1.54, 1.807) is 23.1 Å². The van der Waals surface area contributed by atoms with E-state index in [1.807, 2.05) is 6.07 Å². The molecule has 6 nitrogen and oxygen atoms in total. The van der Waals surface area contributed by atoms with Crippen molar-refractivity contribution in [2.45, 2.75) is 11.3 Å². The number of benzene rings is 2. The summed E-state index contributed by atoms with van der Waals surface area (Å²) in [7, 11) is -3.07. The number of sulfone groups is 1. The van der Waals surface area contributed by atoms with Crippen molar-refractivity contribution in [3.05, 3.63) is 59.4 Å². The zero-order valence-electron chi connectivity index (χ0n) is 15.1. The Morgan fingerprint density at radius 1 is 1.24 bits per heavy atom. The highest BCUT2D eigenvalue weighted by molar-refractivity contribution is 8.15. The van der Waals surface area contributed by atoms with Crippen molar-refractivity contribution in [1.82, 2.24) is 0 Å². The SMILES string of the molecule is O=C(CN(C1=N[C@@H]2CS(=O)(=O)C[C@H]2S1)c1cccc(Cl)c1)Nc1ccc(F)cc1. The van der Waals surface area contributed by atoms with Crippen LogP contribution in [0.3, 0.4) is 0 Å². The summed E-state index contributed by atoms with van der Waals surface area (Å²) in [6.45, 7) is -0.0459. The van der Waals surface area contributed by atoms with Gasteiger partial charge in [0.05, 0.1) is 17.5 Å². The number of hydrogen-bond donors (Lipinski definition) is 1. The van der Waals surface area contributed by atoms with Gasteiger partial charge in [0, 0.05) is 21.6 Å². The van der Waals surface area contributed by atoms with Crippen LogP contribution in [0.5, 0.6) is 0 Å². The van der Waals surface area contributed by atoms with Crippen molar-refractivity contribution in [1.29, 1.82) is 0 Å². The first-order valence-corrected chi connectivity index (χ1v) is 11.9. The lowest BCUT2D eigenvalue weighted by Crippen LogP contribution is -2.36. The molecule has 0 saturated carbocycles. The molecule has 1 amide bonds. The van der Waals surface area contributed by atoms with Crippen molar-refractivity contribution < 1.29 is 17.6 Å². The molecule has 0 aromatic heterocycles. The number of fused-ring (bicyclic) bond motifs is 1. The highest BCUT2D eigenvalue weighted by Gasteiger charge is 2.44. The van der Waals surface area contributed by atoms with Crippen LogP contribution in [-0.4, -0.2) is 48.8 Å². The summed E-state index contributed by atoms with van der Waals surface area (Å²) in [4.78, 5) is 18.9. The third kappa shape index (κ3) is 4.73. The monoisotopic (exact) mass is 453 g/mol. The molecule has 4 rings (SSSR count). The maximum absolute atomic E-state index is 13.1. The molecule has 0 unspecified atom stereocenters. The minimum absolute atomic E-state index is 0.0271. The fourth-order valence-electron chi connectivity index (χ4n) is 3.26. The predicted molar refractivity (Wildman–Crippen MR) is 115 cm³/mol. The van der Waals surface area contributed by atoms with Gasteiger partial charge in [-0.25, -0.2) is 12.8 Å². The van der Waals surface area contributed by atoms with Crippen molar-refractivity contribution in [2.75, 3.05) is 28.3 Å². The first-order chi connectivity index (χ1) is 13.8. The molecule has 29 heavy (non-hydrogen) atoms. The Morgan fingerprint density at radius 3 is 2.69 bits per heavy atom. The molecule has 2 atom stereocenters. The topological polar surface area (TPSA) is 78.8 Å². The molecule has 2 aliphatic rings. The van der Waals surface area contributed by atoms with Gasteiger partial charge < -0.3 is 10.2 Å². The van der Waals surface area contributed by atoms with E-state index in [9.17, 15) is 17.6 Å². The molecule has 0 aliphatic carbocycles. The zero-order valence-corrected chi connectivity index (χ0v) is 17.5. The van der Waals surface area contributed by atoms with Gasteiger partial charge in [0.1, 0.15) is 12.4 Å². The van der Waals surface area contributed by atoms with E-state index >= 15 is 0 Å². The van der Waals surface area contributed by atoms with Crippen molar-refractivity contribution >= 4 is 55.6 Å². The second-order valence-corrected chi connectivity index (χ2v) is 10.6. The van der Waals surface area contributed by atoms with Crippen LogP contribution < -0.4 is 10.2 Å². The Morgan fingerprint density at radius 2 is 2.00 bits per heavy atom. The number of nitrogens with zero attached hydrogens (tertiary/aromatic N) is 2. The number of carbonyl (C=O) groups excluding carboxylic acids is 1. The second kappa shape index (κ2) is 7.97. The number of carbonyl (C=O) groups is 1. The Labute approximate surface area is 177 Å². The van der Waals surface area contributed by atoms with Crippen molar-refractivity contribution in [3.63, 3.8) is 0 Å². The molecule has 1 saturated heterocycles. The normalized spacial score (nSPS) is 22.1. The second-order valence-electron chi connectivity index (χ2n) is 6.83. The van der Waals surface area contributed by atoms with Crippen LogP contribution in [0.1, 0.15) is 0 Å². The Kier molecular flexibility index (Phi) is 5.54. The highest BCUT2D eigenvalue weighted by Crippen LogP contribution is 2.37. The Hall–Kier alpha value is -2.10. The van der Waals surface area contributed by atoms with Gasteiger partial charge >= 0.3 is 0 Å². The van der Waals surface area contributed by atoms with E-state index in [-0.39, 0.29) is 41.1 Å². The molecule has 1 N–H and O–H groups in total. The summed E-state index contributed by atoms with van der Waals surface area (Å²) >= 11 is 7.49. The van der Waals surface area contributed by atoms with E-state index in [2.05, 4.69) is 10.3 Å². The van der Waals surface area contributed by atoms with Gasteiger partial charge in [-0.05, 0) is 42.5 Å². The molecule has 2 aromatic carbocycles. The van der Waals surface area contributed by atoms with Crippen LogP contribution in [0.4, 0.5) is 15.8 Å². The summed E-state index contributed by atoms with van der Waals surface area (Å²) in [5.74, 6) is -0.592. The first-order valence-electron chi connectivity index (χ1n) is 8.82. The average Bonchev–Trinajstić information content (AvgIpc) is 3.15. The van der Waals surface area contributed by atoms with Gasteiger partial charge in [-0.3, -0.25) is 9.79 Å². The fourth-order valence-corrected chi connectivity index (χ4v) is 7.23. The predicted octanol–water partition coefficient (Wildman–Crippen LogP) is 3.19. The third-order valence-corrected chi connectivity index (χ3v) is 8.07. The summed E-state index contributed by atoms with van der Waals surface area (Å²) in [5.41, 5.74) is 1.16. The minimum atomic E-state index is -3.07. The first kappa shape index (κ1) is 20.2. The third-order valence-electron chi connectivity index (χ3n) is 4.59. The number of aliphatic imine (C=N–C) groups is 1. The molecule has 0 spiro atoms. The quantitative estimate of drug-likeness (QED) is 0.769. The number of anilines is 2. The van der Waals surface area contributed by atoms with Crippen LogP contribution in [0.15, 0.2) is 53.5 Å².